The molecule has 0 aliphatic carbocycles. The van der Waals surface area contributed by atoms with E-state index in [0.29, 0.717) is 23.6 Å². The summed E-state index contributed by atoms with van der Waals surface area (Å²) in [7, 11) is 1.83. The van der Waals surface area contributed by atoms with Crippen LogP contribution in [0.2, 0.25) is 0 Å². The molecule has 5 nitrogen and oxygen atoms in total. The van der Waals surface area contributed by atoms with Gasteiger partial charge in [-0.1, -0.05) is 43.3 Å². The van der Waals surface area contributed by atoms with Crippen molar-refractivity contribution >= 4 is 0 Å². The zero-order valence-electron chi connectivity index (χ0n) is 18.2. The molecule has 1 fully saturated rings. The minimum atomic E-state index is -0.0297. The van der Waals surface area contributed by atoms with Crippen molar-refractivity contribution in [2.24, 2.45) is 13.0 Å². The number of nitrogens with one attached hydrogen (secondary N) is 1. The van der Waals surface area contributed by atoms with Crippen LogP contribution in [0.5, 0.6) is 0 Å². The standard InChI is InChI=1S/C26H28N4O/c1-3-18-4-11-22(12-5-18)25-24(21-9-6-19(16-27)7-10-21)29-23(26(31)30(25)2)13-8-20-14-15-28-17-20/h4-7,9-12,20,28H,3,8,13-15,17H2,1-2H3/t20-/m0/s1. The Kier molecular flexibility index (Phi) is 6.29. The van der Waals surface area contributed by atoms with Gasteiger partial charge in [0.05, 0.1) is 23.0 Å². The Morgan fingerprint density at radius 2 is 1.84 bits per heavy atom. The molecule has 0 saturated carbocycles. The van der Waals surface area contributed by atoms with Crippen LogP contribution in [0.3, 0.4) is 0 Å². The van der Waals surface area contributed by atoms with Crippen molar-refractivity contribution in [3.8, 4) is 28.6 Å². The zero-order valence-corrected chi connectivity index (χ0v) is 18.2. The van der Waals surface area contributed by atoms with E-state index in [0.717, 1.165) is 54.9 Å². The molecule has 2 heterocycles. The molecule has 0 bridgehead atoms. The molecular weight excluding hydrogens is 384 g/mol. The van der Waals surface area contributed by atoms with Crippen molar-refractivity contribution in [3.63, 3.8) is 0 Å². The van der Waals surface area contributed by atoms with Gasteiger partial charge in [-0.25, -0.2) is 4.98 Å². The lowest BCUT2D eigenvalue weighted by atomic mass is 9.99. The molecule has 1 aromatic heterocycles. The third-order valence-electron chi connectivity index (χ3n) is 6.23. The smallest absolute Gasteiger partial charge is 0.272 e. The predicted octanol–water partition coefficient (Wildman–Crippen LogP) is 4.09. The highest BCUT2D eigenvalue weighted by molar-refractivity contribution is 5.78. The van der Waals surface area contributed by atoms with Gasteiger partial charge in [-0.15, -0.1) is 0 Å². The molecule has 2 aromatic carbocycles. The summed E-state index contributed by atoms with van der Waals surface area (Å²) >= 11 is 0. The van der Waals surface area contributed by atoms with E-state index in [4.69, 9.17) is 10.2 Å². The summed E-state index contributed by atoms with van der Waals surface area (Å²) < 4.78 is 1.74. The van der Waals surface area contributed by atoms with Crippen molar-refractivity contribution < 1.29 is 0 Å². The molecule has 0 spiro atoms. The first kappa shape index (κ1) is 21.0. The second-order valence-electron chi connectivity index (χ2n) is 8.26. The van der Waals surface area contributed by atoms with Crippen LogP contribution < -0.4 is 10.9 Å². The highest BCUT2D eigenvalue weighted by atomic mass is 16.1. The summed E-state index contributed by atoms with van der Waals surface area (Å²) in [4.78, 5) is 18.1. The molecule has 31 heavy (non-hydrogen) atoms. The van der Waals surface area contributed by atoms with Crippen LogP contribution >= 0.6 is 0 Å². The first-order chi connectivity index (χ1) is 15.1. The SMILES string of the molecule is CCc1ccc(-c2c(-c3ccc(C#N)cc3)nc(CC[C@H]3CCNC3)c(=O)n2C)cc1. The number of hydrogen-bond acceptors (Lipinski definition) is 4. The average Bonchev–Trinajstić information content (AvgIpc) is 3.34. The van der Waals surface area contributed by atoms with Gasteiger partial charge in [-0.2, -0.15) is 5.26 Å². The molecule has 158 valence electrons. The van der Waals surface area contributed by atoms with Crippen LogP contribution in [-0.4, -0.2) is 22.6 Å². The number of nitriles is 1. The molecule has 3 aromatic rings. The van der Waals surface area contributed by atoms with E-state index in [2.05, 4.69) is 42.6 Å². The van der Waals surface area contributed by atoms with Gasteiger partial charge in [0.25, 0.3) is 5.56 Å². The van der Waals surface area contributed by atoms with Crippen molar-refractivity contribution in [2.75, 3.05) is 13.1 Å². The quantitative estimate of drug-likeness (QED) is 0.662. The van der Waals surface area contributed by atoms with Gasteiger partial charge in [0.1, 0.15) is 5.69 Å². The second-order valence-corrected chi connectivity index (χ2v) is 8.26. The van der Waals surface area contributed by atoms with Crippen LogP contribution in [0.15, 0.2) is 53.3 Å². The fraction of sp³-hybridized carbons (Fsp3) is 0.346. The fourth-order valence-electron chi connectivity index (χ4n) is 4.29. The molecule has 0 unspecified atom stereocenters. The highest BCUT2D eigenvalue weighted by Gasteiger charge is 2.20. The van der Waals surface area contributed by atoms with Crippen molar-refractivity contribution in [1.29, 1.82) is 5.26 Å². The molecule has 1 aliphatic rings. The maximum absolute atomic E-state index is 13.2. The normalized spacial score (nSPS) is 15.7. The molecule has 1 saturated heterocycles. The largest absolute Gasteiger partial charge is 0.316 e. The van der Waals surface area contributed by atoms with E-state index < -0.39 is 0 Å². The Labute approximate surface area is 183 Å². The molecule has 4 rings (SSSR count). The van der Waals surface area contributed by atoms with E-state index >= 15 is 0 Å². The third kappa shape index (κ3) is 4.45. The van der Waals surface area contributed by atoms with E-state index in [1.807, 2.05) is 19.2 Å². The fourth-order valence-corrected chi connectivity index (χ4v) is 4.29. The first-order valence-corrected chi connectivity index (χ1v) is 11.0. The number of hydrogen-bond donors (Lipinski definition) is 1. The lowest BCUT2D eigenvalue weighted by molar-refractivity contribution is 0.526. The Morgan fingerprint density at radius 1 is 1.13 bits per heavy atom. The van der Waals surface area contributed by atoms with Crippen molar-refractivity contribution in [2.45, 2.75) is 32.6 Å². The number of nitrogens with zero attached hydrogens (tertiary/aromatic N) is 3. The maximum Gasteiger partial charge on any atom is 0.272 e. The van der Waals surface area contributed by atoms with Crippen molar-refractivity contribution in [1.82, 2.24) is 14.9 Å². The van der Waals surface area contributed by atoms with E-state index in [1.165, 1.54) is 5.56 Å². The highest BCUT2D eigenvalue weighted by Crippen LogP contribution is 2.30. The lowest BCUT2D eigenvalue weighted by Gasteiger charge is -2.17. The van der Waals surface area contributed by atoms with E-state index in [-0.39, 0.29) is 5.56 Å². The van der Waals surface area contributed by atoms with Gasteiger partial charge < -0.3 is 9.88 Å². The zero-order chi connectivity index (χ0) is 21.8. The molecule has 1 aliphatic heterocycles. The Hall–Kier alpha value is -3.23. The number of aromatic nitrogens is 2. The Bertz CT molecular complexity index is 1150. The van der Waals surface area contributed by atoms with Crippen molar-refractivity contribution in [3.05, 3.63) is 75.7 Å². The number of aryl methyl sites for hydroxylation is 2. The van der Waals surface area contributed by atoms with Crippen LogP contribution in [0.25, 0.3) is 22.5 Å². The topological polar surface area (TPSA) is 70.7 Å². The summed E-state index contributed by atoms with van der Waals surface area (Å²) in [5, 5.41) is 12.6. The van der Waals surface area contributed by atoms with E-state index in [1.54, 1.807) is 16.7 Å². The summed E-state index contributed by atoms with van der Waals surface area (Å²) in [5.41, 5.74) is 5.92. The first-order valence-electron chi connectivity index (χ1n) is 11.0. The number of benzene rings is 2. The summed E-state index contributed by atoms with van der Waals surface area (Å²) in [5.74, 6) is 0.603. The second kappa shape index (κ2) is 9.28. The monoisotopic (exact) mass is 412 g/mol. The van der Waals surface area contributed by atoms with Crippen LogP contribution in [0.1, 0.15) is 36.6 Å². The average molecular weight is 413 g/mol. The van der Waals surface area contributed by atoms with Gasteiger partial charge in [-0.3, -0.25) is 4.79 Å². The minimum absolute atomic E-state index is 0.0297. The predicted molar refractivity (Wildman–Crippen MR) is 124 cm³/mol. The molecular formula is C26H28N4O. The summed E-state index contributed by atoms with van der Waals surface area (Å²) in [6.07, 6.45) is 3.77. The molecule has 1 N–H and O–H groups in total. The van der Waals surface area contributed by atoms with Gasteiger partial charge in [0.15, 0.2) is 0 Å². The molecule has 0 radical (unpaired) electrons. The van der Waals surface area contributed by atoms with Crippen LogP contribution in [0, 0.1) is 17.2 Å². The minimum Gasteiger partial charge on any atom is -0.316 e. The number of rotatable bonds is 6. The summed E-state index contributed by atoms with van der Waals surface area (Å²) in [6.45, 7) is 4.20. The Balaban J connectivity index is 1.82. The molecule has 1 atom stereocenters. The lowest BCUT2D eigenvalue weighted by Crippen LogP contribution is -2.26. The van der Waals surface area contributed by atoms with Gasteiger partial charge in [0, 0.05) is 18.2 Å². The van der Waals surface area contributed by atoms with Gasteiger partial charge in [0.2, 0.25) is 0 Å². The Morgan fingerprint density at radius 3 is 2.45 bits per heavy atom. The third-order valence-corrected chi connectivity index (χ3v) is 6.23. The van der Waals surface area contributed by atoms with Gasteiger partial charge >= 0.3 is 0 Å². The molecule has 5 heteroatoms. The maximum atomic E-state index is 13.2. The molecule has 0 amide bonds. The van der Waals surface area contributed by atoms with E-state index in [9.17, 15) is 4.79 Å². The van der Waals surface area contributed by atoms with Gasteiger partial charge in [-0.05, 0) is 62.4 Å². The van der Waals surface area contributed by atoms with Crippen LogP contribution in [0.4, 0.5) is 0 Å². The van der Waals surface area contributed by atoms with Crippen LogP contribution in [-0.2, 0) is 19.9 Å². The summed E-state index contributed by atoms with van der Waals surface area (Å²) in [6, 6.07) is 17.9.